The van der Waals surface area contributed by atoms with E-state index in [4.69, 9.17) is 0 Å². The Morgan fingerprint density at radius 3 is 1.48 bits per heavy atom. The van der Waals surface area contributed by atoms with Crippen molar-refractivity contribution in [3.8, 4) is 0 Å². The van der Waals surface area contributed by atoms with Crippen molar-refractivity contribution in [3.05, 3.63) is 42.5 Å². The zero-order chi connectivity index (χ0) is 70.7. The van der Waals surface area contributed by atoms with Gasteiger partial charge in [-0.25, -0.2) is 0 Å². The Balaban J connectivity index is 3.15. The van der Waals surface area contributed by atoms with Gasteiger partial charge in [0.15, 0.2) is 4.87 Å². The number of aliphatic hydroxyl groups excluding tert-OH is 1. The molecule has 92 heavy (non-hydrogen) atoms. The molecule has 1 aliphatic rings. The third-order valence-corrected chi connectivity index (χ3v) is 19.1. The van der Waals surface area contributed by atoms with E-state index < -0.39 is 155 Å². The zero-order valence-electron chi connectivity index (χ0n) is 59.8. The van der Waals surface area contributed by atoms with Crippen molar-refractivity contribution in [1.82, 2.24) is 55.6 Å². The number of allylic oxidation sites excluding steroid dienone is 2. The van der Waals surface area contributed by atoms with Gasteiger partial charge in [0.2, 0.25) is 59.1 Å². The lowest BCUT2D eigenvalue weighted by Gasteiger charge is -2.48. The molecule has 0 aromatic heterocycles. The highest BCUT2D eigenvalue weighted by Crippen LogP contribution is 2.44. The Morgan fingerprint density at radius 2 is 1.00 bits per heavy atom. The summed E-state index contributed by atoms with van der Waals surface area (Å²) < 4.78 is 0. The summed E-state index contributed by atoms with van der Waals surface area (Å²) in [6, 6.07) is -2.49. The quantitative estimate of drug-likeness (QED) is 0.123. The molecule has 1 aromatic carbocycles. The second kappa shape index (κ2) is 36.8. The summed E-state index contributed by atoms with van der Waals surface area (Å²) in [5, 5.41) is 23.5. The molecule has 1 aliphatic heterocycles. The molecular formula is C68H115N11O12S. The van der Waals surface area contributed by atoms with Crippen LogP contribution in [0.1, 0.15) is 156 Å². The number of hydrogen-bond acceptors (Lipinski definition) is 13. The van der Waals surface area contributed by atoms with Gasteiger partial charge in [-0.3, -0.25) is 52.7 Å². The third kappa shape index (κ3) is 21.5. The largest absolute Gasteiger partial charge is 0.390 e. The molecule has 11 amide bonds. The summed E-state index contributed by atoms with van der Waals surface area (Å²) in [4.78, 5) is 171. The Morgan fingerprint density at radius 1 is 0.543 bits per heavy atom. The minimum atomic E-state index is -1.92. The highest BCUT2D eigenvalue weighted by atomic mass is 32.2. The van der Waals surface area contributed by atoms with Crippen LogP contribution in [-0.4, -0.2) is 226 Å². The Bertz CT molecular complexity index is 2710. The van der Waals surface area contributed by atoms with Crippen LogP contribution in [0.3, 0.4) is 0 Å². The van der Waals surface area contributed by atoms with Crippen LogP contribution in [0.4, 0.5) is 0 Å². The van der Waals surface area contributed by atoms with Crippen molar-refractivity contribution in [2.75, 3.05) is 55.9 Å². The Kier molecular flexibility index (Phi) is 32.6. The maximum atomic E-state index is 16.2. The minimum Gasteiger partial charge on any atom is -0.390 e. The van der Waals surface area contributed by atoms with Crippen LogP contribution in [0.2, 0.25) is 0 Å². The lowest BCUT2D eigenvalue weighted by atomic mass is 9.91. The first-order chi connectivity index (χ1) is 42.7. The summed E-state index contributed by atoms with van der Waals surface area (Å²) in [5.41, 5.74) is 0. The predicted octanol–water partition coefficient (Wildman–Crippen LogP) is 5.39. The van der Waals surface area contributed by atoms with Crippen molar-refractivity contribution >= 4 is 76.7 Å². The lowest BCUT2D eigenvalue weighted by Crippen LogP contribution is -2.67. The highest BCUT2D eigenvalue weighted by Gasteiger charge is 2.55. The number of carbonyl (C=O) groups excluding carboxylic acids is 11. The molecule has 12 atom stereocenters. The van der Waals surface area contributed by atoms with E-state index >= 15 is 19.2 Å². The smallest absolute Gasteiger partial charge is 0.260 e. The number of hydrogen-bond donors (Lipinski definition) is 5. The third-order valence-electron chi connectivity index (χ3n) is 17.3. The van der Waals surface area contributed by atoms with Gasteiger partial charge in [-0.1, -0.05) is 139 Å². The molecule has 0 radical (unpaired) electrons. The van der Waals surface area contributed by atoms with E-state index in [1.165, 1.54) is 87.7 Å². The number of benzene rings is 1. The van der Waals surface area contributed by atoms with Gasteiger partial charge in [-0.15, -0.1) is 0 Å². The van der Waals surface area contributed by atoms with E-state index in [0.717, 1.165) is 21.6 Å². The van der Waals surface area contributed by atoms with Crippen LogP contribution < -0.4 is 21.3 Å². The molecule has 1 saturated heterocycles. The molecule has 0 saturated carbocycles. The minimum absolute atomic E-state index is 0.000224. The van der Waals surface area contributed by atoms with Crippen LogP contribution in [0, 0.1) is 41.4 Å². The fourth-order valence-electron chi connectivity index (χ4n) is 11.5. The molecule has 2 rings (SSSR count). The maximum Gasteiger partial charge on any atom is 0.260 e. The normalized spacial score (nSPS) is 26.5. The average molecular weight is 1310 g/mol. The average Bonchev–Trinajstić information content (AvgIpc) is 0.757. The van der Waals surface area contributed by atoms with E-state index in [-0.39, 0.29) is 62.2 Å². The second-order valence-corrected chi connectivity index (χ2v) is 28.9. The van der Waals surface area contributed by atoms with Gasteiger partial charge in [0.1, 0.15) is 54.4 Å². The molecular weight excluding hydrogens is 1190 g/mol. The molecule has 1 heterocycles. The predicted molar refractivity (Wildman–Crippen MR) is 360 cm³/mol. The molecule has 5 N–H and O–H groups in total. The molecule has 0 bridgehead atoms. The number of likely N-dealkylation sites (N-methyl/N-ethyl adjacent to an activating group) is 7. The van der Waals surface area contributed by atoms with Crippen LogP contribution >= 0.6 is 11.8 Å². The van der Waals surface area contributed by atoms with Crippen molar-refractivity contribution in [1.29, 1.82) is 0 Å². The molecule has 520 valence electrons. The SMILES string of the molecule is C/C=C/C[C@@H](C)[C@@H](O)[C@H]1C(=O)N[C@@H](CC)C(=O)N(C)CC(=O)N(C)[C@@H](CC(C)C)C(=O)N[C@@H](C(C)C)C(=O)N(C)[C@@H](CC(C)C)C(=O)N[C@@H](C)C(=O)N[C@H](C)C(=O)N(C)[C@@H](CC(C)C)C(=O)N(C)[C@@H](CC(C)C)C(=O)N(C)[C@](Sc2ccccc2)(C(C)C)C(=O)N1C. The number of nitrogens with zero attached hydrogens (tertiary/aromatic N) is 7. The standard InChI is InChI=1S/C68H115N11O12S/c1-25-27-31-45(15)57(81)56-61(85)71-49(26-2)63(87)73(18)38-54(80)74(19)50(34-39(3)4)60(84)72-55(43(11)12)66(90)75(20)51(35-40(5)6)59(83)69-46(16)58(82)70-47(17)62(86)76(21)52(36-41(7)8)64(88)77(22)53(37-42(9)10)65(89)79(24)68(44(13)14,67(91)78(56)23)92-48-32-29-28-30-33-48/h25,27-30,32-33,39-47,49-53,55-57,81H,26,31,34-38H2,1-24H3,(H,69,83)(H,70,82)(H,71,85)(H,72,84)/b27-25+/t45-,46+,47-,49+,50+,51+,52+,53+,55+,56+,57-,68+/m1/s1. The number of thioether (sulfide) groups is 1. The summed E-state index contributed by atoms with van der Waals surface area (Å²) in [6.45, 7) is 29.4. The first-order valence-corrected chi connectivity index (χ1v) is 33.6. The molecule has 0 unspecified atom stereocenters. The van der Waals surface area contributed by atoms with Gasteiger partial charge in [0.05, 0.1) is 12.6 Å². The van der Waals surface area contributed by atoms with Gasteiger partial charge >= 0.3 is 0 Å². The fraction of sp³-hybridized carbons (Fsp3) is 0.721. The van der Waals surface area contributed by atoms with Gasteiger partial charge < -0.3 is 60.7 Å². The number of nitrogens with one attached hydrogen (secondary N) is 4. The van der Waals surface area contributed by atoms with E-state index in [9.17, 15) is 38.7 Å². The summed E-state index contributed by atoms with van der Waals surface area (Å²) in [7, 11) is 9.99. The first kappa shape index (κ1) is 81.5. The Hall–Kier alpha value is -6.56. The first-order valence-electron chi connectivity index (χ1n) is 32.8. The monoisotopic (exact) mass is 1310 g/mol. The molecule has 24 heteroatoms. The zero-order valence-corrected chi connectivity index (χ0v) is 60.6. The van der Waals surface area contributed by atoms with Gasteiger partial charge in [0, 0.05) is 54.2 Å². The van der Waals surface area contributed by atoms with E-state index in [1.54, 1.807) is 84.9 Å². The molecule has 1 fully saturated rings. The molecule has 0 aliphatic carbocycles. The molecule has 0 spiro atoms. The van der Waals surface area contributed by atoms with Crippen LogP contribution in [0.5, 0.6) is 0 Å². The van der Waals surface area contributed by atoms with E-state index in [0.29, 0.717) is 4.90 Å². The van der Waals surface area contributed by atoms with Crippen molar-refractivity contribution in [3.63, 3.8) is 0 Å². The number of aliphatic hydroxyl groups is 1. The summed E-state index contributed by atoms with van der Waals surface area (Å²) in [6.07, 6.45) is 2.86. The van der Waals surface area contributed by atoms with E-state index in [2.05, 4.69) is 21.3 Å². The number of amides is 11. The van der Waals surface area contributed by atoms with Gasteiger partial charge in [-0.2, -0.15) is 0 Å². The maximum absolute atomic E-state index is 16.2. The van der Waals surface area contributed by atoms with Crippen molar-refractivity contribution in [2.24, 2.45) is 41.4 Å². The van der Waals surface area contributed by atoms with Crippen LogP contribution in [0.15, 0.2) is 47.4 Å². The number of carbonyl (C=O) groups is 11. The summed E-state index contributed by atoms with van der Waals surface area (Å²) in [5.74, 6) is -10.2. The van der Waals surface area contributed by atoms with Crippen molar-refractivity contribution < 1.29 is 57.8 Å². The second-order valence-electron chi connectivity index (χ2n) is 27.6. The van der Waals surface area contributed by atoms with Crippen molar-refractivity contribution in [2.45, 2.75) is 226 Å². The molecule has 23 nitrogen and oxygen atoms in total. The summed E-state index contributed by atoms with van der Waals surface area (Å²) >= 11 is 1.06. The Labute approximate surface area is 554 Å². The molecule has 1 aromatic rings. The number of rotatable bonds is 17. The van der Waals surface area contributed by atoms with Crippen LogP contribution in [0.25, 0.3) is 0 Å². The highest BCUT2D eigenvalue weighted by molar-refractivity contribution is 8.01. The fourth-order valence-corrected chi connectivity index (χ4v) is 12.9. The van der Waals surface area contributed by atoms with E-state index in [1.807, 2.05) is 61.5 Å². The van der Waals surface area contributed by atoms with Crippen LogP contribution in [-0.2, 0) is 52.7 Å². The topological polar surface area (TPSA) is 279 Å². The lowest BCUT2D eigenvalue weighted by molar-refractivity contribution is -0.159. The van der Waals surface area contributed by atoms with Gasteiger partial charge in [-0.05, 0) is 113 Å². The van der Waals surface area contributed by atoms with Gasteiger partial charge in [0.25, 0.3) is 5.91 Å².